The topological polar surface area (TPSA) is 58.6 Å². The normalized spacial score (nSPS) is 18.3. The molecule has 3 aromatic rings. The lowest BCUT2D eigenvalue weighted by Gasteiger charge is -2.28. The quantitative estimate of drug-likeness (QED) is 0.504. The number of fused-ring (bicyclic) bond motifs is 2. The van der Waals surface area contributed by atoms with E-state index in [1.54, 1.807) is 19.1 Å². The van der Waals surface area contributed by atoms with E-state index in [-0.39, 0.29) is 17.9 Å². The fraction of sp³-hybridized carbons (Fsp3) is 0.214. The van der Waals surface area contributed by atoms with E-state index >= 15 is 0 Å². The van der Waals surface area contributed by atoms with Crippen molar-refractivity contribution in [2.45, 2.75) is 30.2 Å². The Hall–Kier alpha value is -3.51. The third-order valence-electron chi connectivity index (χ3n) is 6.42. The van der Waals surface area contributed by atoms with E-state index in [1.165, 1.54) is 22.9 Å². The van der Waals surface area contributed by atoms with E-state index in [9.17, 15) is 9.59 Å². The number of likely N-dealkylation sites (N-methyl/N-ethyl adjacent to an activating group) is 1. The van der Waals surface area contributed by atoms with Crippen LogP contribution in [0.4, 0.5) is 5.69 Å². The van der Waals surface area contributed by atoms with E-state index in [4.69, 9.17) is 4.74 Å². The van der Waals surface area contributed by atoms with Crippen molar-refractivity contribution in [1.82, 2.24) is 5.32 Å². The average Bonchev–Trinajstić information content (AvgIpc) is 2.87. The van der Waals surface area contributed by atoms with Gasteiger partial charge >= 0.3 is 0 Å². The standard InChI is InChI=1S/C28H26N2O3S/c1-30-23-16-20(27(31)29-22-12-7-10-18-8-3-5-11-21(18)22)14-15-25(23)34-26(28(30)32)17-19-9-4-6-13-24(19)33-2/h3-6,8-9,11,13-17,22H,7,10,12H2,1-2H3,(H,29,31)/b26-17+/t22-/m0/s1. The second-order valence-corrected chi connectivity index (χ2v) is 9.60. The molecule has 1 N–H and O–H groups in total. The van der Waals surface area contributed by atoms with E-state index < -0.39 is 0 Å². The number of hydrogen-bond donors (Lipinski definition) is 1. The number of para-hydroxylation sites is 1. The molecule has 1 atom stereocenters. The van der Waals surface area contributed by atoms with Gasteiger partial charge in [0.25, 0.3) is 11.8 Å². The van der Waals surface area contributed by atoms with Gasteiger partial charge in [-0.15, -0.1) is 0 Å². The Labute approximate surface area is 203 Å². The summed E-state index contributed by atoms with van der Waals surface area (Å²) in [4.78, 5) is 29.4. The number of thioether (sulfide) groups is 1. The third kappa shape index (κ3) is 4.21. The van der Waals surface area contributed by atoms with Crippen LogP contribution in [-0.4, -0.2) is 26.0 Å². The summed E-state index contributed by atoms with van der Waals surface area (Å²) in [6, 6.07) is 21.5. The molecule has 5 rings (SSSR count). The summed E-state index contributed by atoms with van der Waals surface area (Å²) < 4.78 is 5.42. The van der Waals surface area contributed by atoms with Crippen LogP contribution in [0.25, 0.3) is 6.08 Å². The van der Waals surface area contributed by atoms with Gasteiger partial charge in [-0.25, -0.2) is 0 Å². The number of anilines is 1. The highest BCUT2D eigenvalue weighted by atomic mass is 32.2. The molecule has 0 saturated heterocycles. The van der Waals surface area contributed by atoms with Crippen molar-refractivity contribution in [3.05, 3.63) is 93.9 Å². The second kappa shape index (κ2) is 9.39. The van der Waals surface area contributed by atoms with Gasteiger partial charge in [0.1, 0.15) is 5.75 Å². The molecule has 1 heterocycles. The molecule has 0 aromatic heterocycles. The van der Waals surface area contributed by atoms with Gasteiger partial charge < -0.3 is 15.0 Å². The molecule has 6 heteroatoms. The molecular formula is C28H26N2O3S. The molecule has 0 radical (unpaired) electrons. The van der Waals surface area contributed by atoms with E-state index in [2.05, 4.69) is 17.4 Å². The van der Waals surface area contributed by atoms with Crippen LogP contribution in [0.2, 0.25) is 0 Å². The molecule has 3 aromatic carbocycles. The van der Waals surface area contributed by atoms with E-state index in [1.807, 2.05) is 60.7 Å². The summed E-state index contributed by atoms with van der Waals surface area (Å²) in [5.74, 6) is 0.487. The maximum absolute atomic E-state index is 13.1. The Morgan fingerprint density at radius 2 is 1.91 bits per heavy atom. The third-order valence-corrected chi connectivity index (χ3v) is 7.50. The first-order chi connectivity index (χ1) is 16.5. The number of methoxy groups -OCH3 is 1. The highest BCUT2D eigenvalue weighted by Gasteiger charge is 2.28. The minimum absolute atomic E-state index is 0.0117. The van der Waals surface area contributed by atoms with Crippen molar-refractivity contribution >= 4 is 35.3 Å². The van der Waals surface area contributed by atoms with Crippen molar-refractivity contribution in [2.75, 3.05) is 19.1 Å². The molecule has 0 fully saturated rings. The number of carbonyl (C=O) groups is 2. The highest BCUT2D eigenvalue weighted by Crippen LogP contribution is 2.42. The monoisotopic (exact) mass is 470 g/mol. The Morgan fingerprint density at radius 3 is 2.76 bits per heavy atom. The average molecular weight is 471 g/mol. The largest absolute Gasteiger partial charge is 0.496 e. The van der Waals surface area contributed by atoms with Crippen LogP contribution < -0.4 is 15.0 Å². The van der Waals surface area contributed by atoms with Gasteiger partial charge in [0.2, 0.25) is 0 Å². The molecule has 172 valence electrons. The van der Waals surface area contributed by atoms with Gasteiger partial charge in [-0.05, 0) is 60.7 Å². The first-order valence-corrected chi connectivity index (χ1v) is 12.2. The van der Waals surface area contributed by atoms with Crippen LogP contribution in [0.3, 0.4) is 0 Å². The van der Waals surface area contributed by atoms with Crippen LogP contribution in [0.15, 0.2) is 76.5 Å². The van der Waals surface area contributed by atoms with E-state index in [0.717, 1.165) is 35.4 Å². The zero-order valence-electron chi connectivity index (χ0n) is 19.2. The lowest BCUT2D eigenvalue weighted by Crippen LogP contribution is -2.32. The Kier molecular flexibility index (Phi) is 6.16. The Bertz CT molecular complexity index is 1300. The molecule has 0 spiro atoms. The lowest BCUT2D eigenvalue weighted by atomic mass is 9.87. The minimum Gasteiger partial charge on any atom is -0.496 e. The van der Waals surface area contributed by atoms with Crippen molar-refractivity contribution in [1.29, 1.82) is 0 Å². The first kappa shape index (κ1) is 22.3. The SMILES string of the molecule is COc1ccccc1/C=C1/Sc2ccc(C(=O)N[C@H]3CCCc4ccccc43)cc2N(C)C1=O. The number of nitrogens with one attached hydrogen (secondary N) is 1. The smallest absolute Gasteiger partial charge is 0.264 e. The van der Waals surface area contributed by atoms with Crippen LogP contribution >= 0.6 is 11.8 Å². The molecule has 0 unspecified atom stereocenters. The number of aryl methyl sites for hydroxylation is 1. The van der Waals surface area contributed by atoms with Crippen molar-refractivity contribution in [3.63, 3.8) is 0 Å². The van der Waals surface area contributed by atoms with Gasteiger partial charge in [0, 0.05) is 23.1 Å². The summed E-state index contributed by atoms with van der Waals surface area (Å²) in [5, 5.41) is 3.20. The summed E-state index contributed by atoms with van der Waals surface area (Å²) in [5.41, 5.74) is 4.65. The van der Waals surface area contributed by atoms with Crippen molar-refractivity contribution < 1.29 is 14.3 Å². The van der Waals surface area contributed by atoms with Crippen LogP contribution in [0.5, 0.6) is 5.75 Å². The maximum atomic E-state index is 13.1. The molecule has 0 bridgehead atoms. The lowest BCUT2D eigenvalue weighted by molar-refractivity contribution is -0.114. The summed E-state index contributed by atoms with van der Waals surface area (Å²) >= 11 is 1.41. The first-order valence-electron chi connectivity index (χ1n) is 11.4. The minimum atomic E-state index is -0.120. The number of amides is 2. The fourth-order valence-corrected chi connectivity index (χ4v) is 5.69. The predicted octanol–water partition coefficient (Wildman–Crippen LogP) is 5.61. The molecule has 1 aliphatic heterocycles. The molecule has 1 aliphatic carbocycles. The van der Waals surface area contributed by atoms with Gasteiger partial charge in [-0.3, -0.25) is 9.59 Å². The van der Waals surface area contributed by atoms with Crippen LogP contribution in [0, 0.1) is 0 Å². The number of carbonyl (C=O) groups excluding carboxylic acids is 2. The number of ether oxygens (including phenoxy) is 1. The van der Waals surface area contributed by atoms with Crippen molar-refractivity contribution in [3.8, 4) is 5.75 Å². The Balaban J connectivity index is 1.39. The van der Waals surface area contributed by atoms with Gasteiger partial charge in [0.15, 0.2) is 0 Å². The Morgan fingerprint density at radius 1 is 1.12 bits per heavy atom. The molecule has 5 nitrogen and oxygen atoms in total. The van der Waals surface area contributed by atoms with E-state index in [0.29, 0.717) is 16.2 Å². The van der Waals surface area contributed by atoms with Crippen LogP contribution in [0.1, 0.15) is 45.9 Å². The number of rotatable bonds is 4. The second-order valence-electron chi connectivity index (χ2n) is 8.52. The van der Waals surface area contributed by atoms with Gasteiger partial charge in [-0.2, -0.15) is 0 Å². The summed E-state index contributed by atoms with van der Waals surface area (Å²) in [6.45, 7) is 0. The van der Waals surface area contributed by atoms with Crippen LogP contribution in [-0.2, 0) is 11.2 Å². The summed E-state index contributed by atoms with van der Waals surface area (Å²) in [7, 11) is 3.36. The highest BCUT2D eigenvalue weighted by molar-refractivity contribution is 8.04. The maximum Gasteiger partial charge on any atom is 0.264 e. The molecule has 2 amide bonds. The zero-order chi connectivity index (χ0) is 23.7. The molecule has 0 saturated carbocycles. The number of benzene rings is 3. The fourth-order valence-electron chi connectivity index (χ4n) is 4.61. The molecular weight excluding hydrogens is 444 g/mol. The molecule has 2 aliphatic rings. The number of nitrogens with zero attached hydrogens (tertiary/aromatic N) is 1. The molecule has 34 heavy (non-hydrogen) atoms. The zero-order valence-corrected chi connectivity index (χ0v) is 20.0. The summed E-state index contributed by atoms with van der Waals surface area (Å²) in [6.07, 6.45) is 4.89. The number of hydrogen-bond acceptors (Lipinski definition) is 4. The predicted molar refractivity (Wildman–Crippen MR) is 136 cm³/mol. The van der Waals surface area contributed by atoms with Crippen molar-refractivity contribution in [2.24, 2.45) is 0 Å². The van der Waals surface area contributed by atoms with Gasteiger partial charge in [0.05, 0.1) is 23.7 Å². The van der Waals surface area contributed by atoms with Gasteiger partial charge in [-0.1, -0.05) is 54.2 Å².